The van der Waals surface area contributed by atoms with Crippen molar-refractivity contribution >= 4 is 44.8 Å². The second kappa shape index (κ2) is 7.67. The first-order valence-corrected chi connectivity index (χ1v) is 8.95. The summed E-state index contributed by atoms with van der Waals surface area (Å²) in [6, 6.07) is 7.21. The number of sulfonamides is 1. The number of amides is 1. The highest BCUT2D eigenvalue weighted by Crippen LogP contribution is 2.27. The Morgan fingerprint density at radius 2 is 1.84 bits per heavy atom. The highest BCUT2D eigenvalue weighted by molar-refractivity contribution is 7.89. The van der Waals surface area contributed by atoms with E-state index in [1.54, 1.807) is 0 Å². The first-order chi connectivity index (χ1) is 11.7. The van der Waals surface area contributed by atoms with Gasteiger partial charge in [0.2, 0.25) is 0 Å². The van der Waals surface area contributed by atoms with E-state index in [0.717, 1.165) is 18.2 Å². The zero-order valence-corrected chi connectivity index (χ0v) is 15.4. The third kappa shape index (κ3) is 4.28. The number of carbonyl (C=O) groups excluding carboxylic acids is 1. The zero-order chi connectivity index (χ0) is 18.8. The van der Waals surface area contributed by atoms with E-state index in [2.05, 4.69) is 10.2 Å². The minimum Gasteiger partial charge on any atom is -0.321 e. The van der Waals surface area contributed by atoms with Gasteiger partial charge in [0, 0.05) is 12.6 Å². The van der Waals surface area contributed by atoms with E-state index in [9.17, 15) is 17.6 Å². The summed E-state index contributed by atoms with van der Waals surface area (Å²) in [6.45, 7) is 0. The molecular formula is C15H13Cl2FN2O4S. The number of nitrogens with zero attached hydrogens (tertiary/aromatic N) is 1. The molecule has 0 fully saturated rings. The molecule has 134 valence electrons. The molecule has 1 amide bonds. The standard InChI is InChI=1S/C15H13Cl2FN2O4S/c1-20(24-2)25(22,23)14-7-9(3-5-11(14)16)15(21)19-13-6-4-10(18)8-12(13)17/h3-8H,1-2H3,(H,19,21). The molecule has 0 aliphatic rings. The summed E-state index contributed by atoms with van der Waals surface area (Å²) in [5.41, 5.74) is 0.203. The molecule has 0 heterocycles. The molecule has 0 aliphatic carbocycles. The maximum atomic E-state index is 13.1. The van der Waals surface area contributed by atoms with Crippen molar-refractivity contribution in [3.05, 3.63) is 57.8 Å². The summed E-state index contributed by atoms with van der Waals surface area (Å²) < 4.78 is 38.3. The number of nitrogens with one attached hydrogen (secondary N) is 1. The van der Waals surface area contributed by atoms with Crippen LogP contribution in [-0.2, 0) is 14.9 Å². The Hall–Kier alpha value is -1.71. The molecule has 2 aromatic carbocycles. The Labute approximate surface area is 154 Å². The Morgan fingerprint density at radius 3 is 2.44 bits per heavy atom. The number of rotatable bonds is 5. The van der Waals surface area contributed by atoms with Crippen LogP contribution in [0, 0.1) is 5.82 Å². The number of hydrogen-bond donors (Lipinski definition) is 1. The monoisotopic (exact) mass is 406 g/mol. The van der Waals surface area contributed by atoms with Crippen LogP contribution in [0.2, 0.25) is 10.0 Å². The molecule has 0 saturated heterocycles. The van der Waals surface area contributed by atoms with Crippen LogP contribution < -0.4 is 5.32 Å². The summed E-state index contributed by atoms with van der Waals surface area (Å²) in [7, 11) is -1.67. The number of hydroxylamine groups is 1. The van der Waals surface area contributed by atoms with Crippen LogP contribution in [0.5, 0.6) is 0 Å². The van der Waals surface area contributed by atoms with Gasteiger partial charge in [-0.2, -0.15) is 0 Å². The van der Waals surface area contributed by atoms with E-state index in [-0.39, 0.29) is 26.2 Å². The molecule has 0 unspecified atom stereocenters. The van der Waals surface area contributed by atoms with Crippen LogP contribution in [-0.4, -0.2) is 33.0 Å². The van der Waals surface area contributed by atoms with Crippen LogP contribution >= 0.6 is 23.2 Å². The summed E-state index contributed by atoms with van der Waals surface area (Å²) in [5.74, 6) is -1.19. The maximum Gasteiger partial charge on any atom is 0.266 e. The number of benzene rings is 2. The number of anilines is 1. The highest BCUT2D eigenvalue weighted by Gasteiger charge is 2.25. The lowest BCUT2D eigenvalue weighted by Gasteiger charge is -2.16. The van der Waals surface area contributed by atoms with Gasteiger partial charge in [-0.05, 0) is 36.4 Å². The van der Waals surface area contributed by atoms with Crippen molar-refractivity contribution < 1.29 is 22.4 Å². The van der Waals surface area contributed by atoms with E-state index in [4.69, 9.17) is 23.2 Å². The van der Waals surface area contributed by atoms with Crippen LogP contribution in [0.4, 0.5) is 10.1 Å². The largest absolute Gasteiger partial charge is 0.321 e. The minimum atomic E-state index is -4.04. The normalized spacial score (nSPS) is 11.6. The Morgan fingerprint density at radius 1 is 1.16 bits per heavy atom. The minimum absolute atomic E-state index is 0.00859. The van der Waals surface area contributed by atoms with Gasteiger partial charge in [0.05, 0.1) is 22.8 Å². The molecule has 1 N–H and O–H groups in total. The third-order valence-electron chi connectivity index (χ3n) is 3.25. The quantitative estimate of drug-likeness (QED) is 0.770. The molecule has 0 spiro atoms. The van der Waals surface area contributed by atoms with E-state index < -0.39 is 21.7 Å². The van der Waals surface area contributed by atoms with Crippen molar-refractivity contribution in [1.29, 1.82) is 0 Å². The molecule has 0 saturated carbocycles. The van der Waals surface area contributed by atoms with Crippen molar-refractivity contribution in [2.75, 3.05) is 19.5 Å². The molecule has 0 aliphatic heterocycles. The van der Waals surface area contributed by atoms with Gasteiger partial charge in [0.25, 0.3) is 15.9 Å². The fourth-order valence-electron chi connectivity index (χ4n) is 1.86. The third-order valence-corrected chi connectivity index (χ3v) is 5.72. The highest BCUT2D eigenvalue weighted by atomic mass is 35.5. The van der Waals surface area contributed by atoms with Crippen molar-refractivity contribution in [2.24, 2.45) is 0 Å². The number of carbonyl (C=O) groups is 1. The lowest BCUT2D eigenvalue weighted by atomic mass is 10.2. The fraction of sp³-hybridized carbons (Fsp3) is 0.133. The summed E-state index contributed by atoms with van der Waals surface area (Å²) in [5, 5.41) is 2.41. The molecule has 0 aromatic heterocycles. The predicted octanol–water partition coefficient (Wildman–Crippen LogP) is 3.57. The summed E-state index contributed by atoms with van der Waals surface area (Å²) >= 11 is 11.8. The zero-order valence-electron chi connectivity index (χ0n) is 13.1. The molecule has 6 nitrogen and oxygen atoms in total. The second-order valence-electron chi connectivity index (χ2n) is 4.82. The van der Waals surface area contributed by atoms with E-state index in [1.807, 2.05) is 0 Å². The van der Waals surface area contributed by atoms with E-state index in [0.29, 0.717) is 4.47 Å². The van der Waals surface area contributed by atoms with Gasteiger partial charge < -0.3 is 5.32 Å². The lowest BCUT2D eigenvalue weighted by molar-refractivity contribution is -0.0258. The van der Waals surface area contributed by atoms with Gasteiger partial charge in [-0.15, -0.1) is 0 Å². The summed E-state index contributed by atoms with van der Waals surface area (Å²) in [6.07, 6.45) is 0. The summed E-state index contributed by atoms with van der Waals surface area (Å²) in [4.78, 5) is 16.7. The van der Waals surface area contributed by atoms with Crippen LogP contribution in [0.15, 0.2) is 41.3 Å². The second-order valence-corrected chi connectivity index (χ2v) is 7.54. The molecule has 10 heteroatoms. The van der Waals surface area contributed by atoms with Gasteiger partial charge in [0.15, 0.2) is 0 Å². The van der Waals surface area contributed by atoms with Crippen LogP contribution in [0.1, 0.15) is 10.4 Å². The molecule has 2 aromatic rings. The van der Waals surface area contributed by atoms with Crippen LogP contribution in [0.25, 0.3) is 0 Å². The first-order valence-electron chi connectivity index (χ1n) is 6.76. The molecular weight excluding hydrogens is 394 g/mol. The molecule has 2 rings (SSSR count). The van der Waals surface area contributed by atoms with Gasteiger partial charge in [-0.1, -0.05) is 27.7 Å². The van der Waals surface area contributed by atoms with Gasteiger partial charge in [-0.3, -0.25) is 9.63 Å². The van der Waals surface area contributed by atoms with Crippen molar-refractivity contribution in [3.63, 3.8) is 0 Å². The predicted molar refractivity (Wildman–Crippen MR) is 92.8 cm³/mol. The molecule has 0 bridgehead atoms. The smallest absolute Gasteiger partial charge is 0.266 e. The van der Waals surface area contributed by atoms with Gasteiger partial charge in [-0.25, -0.2) is 12.8 Å². The van der Waals surface area contributed by atoms with E-state index >= 15 is 0 Å². The van der Waals surface area contributed by atoms with Crippen LogP contribution in [0.3, 0.4) is 0 Å². The lowest BCUT2D eigenvalue weighted by Crippen LogP contribution is -2.26. The number of halogens is 3. The Kier molecular flexibility index (Phi) is 6.02. The Balaban J connectivity index is 2.37. The Bertz CT molecular complexity index is 922. The van der Waals surface area contributed by atoms with Crippen molar-refractivity contribution in [3.8, 4) is 0 Å². The number of hydrogen-bond acceptors (Lipinski definition) is 4. The molecule has 25 heavy (non-hydrogen) atoms. The average Bonchev–Trinajstić information content (AvgIpc) is 2.56. The van der Waals surface area contributed by atoms with Gasteiger partial charge >= 0.3 is 0 Å². The average molecular weight is 407 g/mol. The topological polar surface area (TPSA) is 75.7 Å². The maximum absolute atomic E-state index is 13.1. The van der Waals surface area contributed by atoms with Gasteiger partial charge in [0.1, 0.15) is 10.7 Å². The molecule has 0 atom stereocenters. The first kappa shape index (κ1) is 19.6. The SMILES string of the molecule is CON(C)S(=O)(=O)c1cc(C(=O)Nc2ccc(F)cc2Cl)ccc1Cl. The fourth-order valence-corrected chi connectivity index (χ4v) is 3.55. The van der Waals surface area contributed by atoms with Crippen molar-refractivity contribution in [2.45, 2.75) is 4.90 Å². The van der Waals surface area contributed by atoms with E-state index in [1.165, 1.54) is 32.4 Å². The van der Waals surface area contributed by atoms with Crippen molar-refractivity contribution in [1.82, 2.24) is 4.47 Å². The molecule has 0 radical (unpaired) electrons.